The molecule has 2 heterocycles. The normalized spacial score (nSPS) is 12.4. The third-order valence-corrected chi connectivity index (χ3v) is 3.66. The zero-order valence-electron chi connectivity index (χ0n) is 14.4. The van der Waals surface area contributed by atoms with E-state index >= 15 is 0 Å². The van der Waals surface area contributed by atoms with Gasteiger partial charge in [-0.05, 0) is 24.3 Å². The Hall–Kier alpha value is -3.50. The van der Waals surface area contributed by atoms with E-state index in [1.807, 2.05) is 0 Å². The molecule has 1 aromatic carbocycles. The first-order chi connectivity index (χ1) is 13.8. The zero-order valence-corrected chi connectivity index (χ0v) is 14.4. The highest BCUT2D eigenvalue weighted by Crippen LogP contribution is 2.31. The lowest BCUT2D eigenvalue weighted by Crippen LogP contribution is -2.38. The molecule has 0 radical (unpaired) electrons. The number of ether oxygens (including phenoxy) is 1. The molecule has 0 fully saturated rings. The van der Waals surface area contributed by atoms with Gasteiger partial charge in [0.1, 0.15) is 6.61 Å². The van der Waals surface area contributed by atoms with E-state index in [0.29, 0.717) is 0 Å². The molecule has 0 saturated heterocycles. The van der Waals surface area contributed by atoms with Gasteiger partial charge in [0.15, 0.2) is 34.9 Å². The molecule has 0 spiro atoms. The van der Waals surface area contributed by atoms with Gasteiger partial charge in [-0.3, -0.25) is 9.78 Å². The number of halogens is 5. The zero-order chi connectivity index (χ0) is 21.0. The van der Waals surface area contributed by atoms with E-state index in [1.54, 1.807) is 5.32 Å². The summed E-state index contributed by atoms with van der Waals surface area (Å²) in [5.41, 5.74) is -0.877. The van der Waals surface area contributed by atoms with E-state index in [-0.39, 0.29) is 5.76 Å². The topological polar surface area (TPSA) is 77.2 Å². The molecule has 0 aliphatic heterocycles. The third-order valence-electron chi connectivity index (χ3n) is 3.66. The molecule has 0 bridgehead atoms. The second-order valence-electron chi connectivity index (χ2n) is 5.72. The summed E-state index contributed by atoms with van der Waals surface area (Å²) in [6.07, 6.45) is -3.64. The molecule has 152 valence electrons. The number of para-hydroxylation sites is 1. The Kier molecular flexibility index (Phi) is 5.76. The summed E-state index contributed by atoms with van der Waals surface area (Å²) in [5, 5.41) is 5.14. The smallest absolute Gasteiger partial charge is 0.414 e. The summed E-state index contributed by atoms with van der Waals surface area (Å²) in [5.74, 6) is -3.87. The highest BCUT2D eigenvalue weighted by molar-refractivity contribution is 5.92. The first-order valence-corrected chi connectivity index (χ1v) is 8.06. The van der Waals surface area contributed by atoms with Crippen LogP contribution in [0, 0.1) is 11.6 Å². The number of hydrogen-bond donors (Lipinski definition) is 1. The van der Waals surface area contributed by atoms with Crippen molar-refractivity contribution in [3.05, 3.63) is 77.4 Å². The van der Waals surface area contributed by atoms with E-state index < -0.39 is 53.5 Å². The molecule has 11 heteroatoms. The molecule has 0 saturated carbocycles. The average Bonchev–Trinajstić information content (AvgIpc) is 3.14. The van der Waals surface area contributed by atoms with Gasteiger partial charge in [-0.2, -0.15) is 13.2 Å². The number of pyridine rings is 1. The predicted molar refractivity (Wildman–Crippen MR) is 87.7 cm³/mol. The van der Waals surface area contributed by atoms with Crippen molar-refractivity contribution in [2.45, 2.75) is 18.8 Å². The molecule has 0 aliphatic carbocycles. The number of alkyl halides is 3. The van der Waals surface area contributed by atoms with Crippen LogP contribution in [0.15, 0.2) is 53.2 Å². The Balaban J connectivity index is 1.70. The molecular weight excluding hydrogens is 401 g/mol. The van der Waals surface area contributed by atoms with E-state index in [1.165, 1.54) is 12.1 Å². The lowest BCUT2D eigenvalue weighted by atomic mass is 10.1. The summed E-state index contributed by atoms with van der Waals surface area (Å²) in [7, 11) is 0. The minimum Gasteiger partial charge on any atom is -0.479 e. The molecule has 3 aromatic rings. The molecule has 1 amide bonds. The van der Waals surface area contributed by atoms with Crippen molar-refractivity contribution in [2.24, 2.45) is 0 Å². The second kappa shape index (κ2) is 8.25. The summed E-state index contributed by atoms with van der Waals surface area (Å²) < 4.78 is 76.6. The summed E-state index contributed by atoms with van der Waals surface area (Å²) >= 11 is 0. The van der Waals surface area contributed by atoms with Gasteiger partial charge < -0.3 is 14.6 Å². The maximum Gasteiger partial charge on any atom is 0.414 e. The fraction of sp³-hybridized carbons (Fsp3) is 0.167. The molecule has 2 aromatic heterocycles. The first kappa shape index (κ1) is 20.2. The number of carbonyl (C=O) groups excluding carboxylic acids is 1. The molecule has 0 unspecified atom stereocenters. The van der Waals surface area contributed by atoms with Crippen LogP contribution in [0.4, 0.5) is 22.0 Å². The van der Waals surface area contributed by atoms with Gasteiger partial charge in [0.25, 0.3) is 5.91 Å². The lowest BCUT2D eigenvalue weighted by molar-refractivity contribution is -0.156. The fourth-order valence-corrected chi connectivity index (χ4v) is 2.33. The number of nitrogens with one attached hydrogen (secondary N) is 1. The number of hydrogen-bond acceptors (Lipinski definition) is 5. The third kappa shape index (κ3) is 4.86. The first-order valence-electron chi connectivity index (χ1n) is 8.06. The van der Waals surface area contributed by atoms with E-state index in [9.17, 15) is 26.7 Å². The van der Waals surface area contributed by atoms with Gasteiger partial charge >= 0.3 is 6.18 Å². The maximum atomic E-state index is 13.5. The van der Waals surface area contributed by atoms with Crippen LogP contribution in [0.2, 0.25) is 0 Å². The molecule has 3 rings (SSSR count). The average molecular weight is 413 g/mol. The minimum atomic E-state index is -4.80. The second-order valence-corrected chi connectivity index (χ2v) is 5.72. The van der Waals surface area contributed by atoms with Gasteiger partial charge in [-0.15, -0.1) is 0 Å². The Labute approximate surface area is 160 Å². The van der Waals surface area contributed by atoms with Crippen molar-refractivity contribution >= 4 is 5.91 Å². The van der Waals surface area contributed by atoms with Crippen LogP contribution in [0.25, 0.3) is 0 Å². The Morgan fingerprint density at radius 3 is 2.48 bits per heavy atom. The van der Waals surface area contributed by atoms with Crippen molar-refractivity contribution in [2.75, 3.05) is 0 Å². The minimum absolute atomic E-state index is 0.126. The van der Waals surface area contributed by atoms with Crippen molar-refractivity contribution in [3.63, 3.8) is 0 Å². The standard InChI is InChI=1S/C18H12F5N3O3/c19-11-4-3-5-12(20)15(11)28-9-10-8-14(26-29-10)17(27)25-16(18(21,22)23)13-6-1-2-7-24-13/h1-8,16H,9H2,(H,25,27)/t16-/m1/s1. The molecule has 1 atom stereocenters. The largest absolute Gasteiger partial charge is 0.479 e. The summed E-state index contributed by atoms with van der Waals surface area (Å²) in [4.78, 5) is 15.8. The van der Waals surface area contributed by atoms with Gasteiger partial charge in [-0.1, -0.05) is 17.3 Å². The molecule has 1 N–H and O–H groups in total. The Bertz CT molecular complexity index is 972. The molecule has 0 aliphatic rings. The number of carbonyl (C=O) groups is 1. The molecule has 6 nitrogen and oxygen atoms in total. The number of rotatable bonds is 6. The van der Waals surface area contributed by atoms with E-state index in [4.69, 9.17) is 9.26 Å². The van der Waals surface area contributed by atoms with E-state index in [2.05, 4.69) is 10.1 Å². The van der Waals surface area contributed by atoms with Crippen LogP contribution in [0.3, 0.4) is 0 Å². The van der Waals surface area contributed by atoms with Crippen molar-refractivity contribution in [1.82, 2.24) is 15.5 Å². The SMILES string of the molecule is O=C(N[C@H](c1ccccn1)C(F)(F)F)c1cc(COc2c(F)cccc2F)on1. The van der Waals surface area contributed by atoms with Gasteiger partial charge in [0, 0.05) is 12.3 Å². The predicted octanol–water partition coefficient (Wildman–Crippen LogP) is 3.96. The van der Waals surface area contributed by atoms with Crippen LogP contribution in [0.1, 0.15) is 28.0 Å². The van der Waals surface area contributed by atoms with Crippen molar-refractivity contribution in [1.29, 1.82) is 0 Å². The highest BCUT2D eigenvalue weighted by atomic mass is 19.4. The van der Waals surface area contributed by atoms with Crippen LogP contribution in [-0.2, 0) is 6.61 Å². The lowest BCUT2D eigenvalue weighted by Gasteiger charge is -2.20. The monoisotopic (exact) mass is 413 g/mol. The van der Waals surface area contributed by atoms with Crippen LogP contribution < -0.4 is 10.1 Å². The fourth-order valence-electron chi connectivity index (χ4n) is 2.33. The number of aromatic nitrogens is 2. The molecule has 29 heavy (non-hydrogen) atoms. The summed E-state index contributed by atoms with van der Waals surface area (Å²) in [6, 6.07) is 5.64. The quantitative estimate of drug-likeness (QED) is 0.619. The Morgan fingerprint density at radius 2 is 1.86 bits per heavy atom. The van der Waals surface area contributed by atoms with Crippen LogP contribution in [-0.4, -0.2) is 22.2 Å². The summed E-state index contributed by atoms with van der Waals surface area (Å²) in [6.45, 7) is -0.499. The van der Waals surface area contributed by atoms with Gasteiger partial charge in [-0.25, -0.2) is 8.78 Å². The van der Waals surface area contributed by atoms with Crippen molar-refractivity contribution < 1.29 is 36.0 Å². The maximum absolute atomic E-state index is 13.5. The van der Waals surface area contributed by atoms with Crippen LogP contribution in [0.5, 0.6) is 5.75 Å². The van der Waals surface area contributed by atoms with Crippen LogP contribution >= 0.6 is 0 Å². The van der Waals surface area contributed by atoms with Crippen molar-refractivity contribution in [3.8, 4) is 5.75 Å². The van der Waals surface area contributed by atoms with E-state index in [0.717, 1.165) is 36.5 Å². The number of amides is 1. The Morgan fingerprint density at radius 1 is 1.14 bits per heavy atom. The number of nitrogens with zero attached hydrogens (tertiary/aromatic N) is 2. The molecular formula is C18H12F5N3O3. The van der Waals surface area contributed by atoms with Gasteiger partial charge in [0.05, 0.1) is 5.69 Å². The number of benzene rings is 1. The highest BCUT2D eigenvalue weighted by Gasteiger charge is 2.43. The van der Waals surface area contributed by atoms with Gasteiger partial charge in [0.2, 0.25) is 0 Å².